The summed E-state index contributed by atoms with van der Waals surface area (Å²) in [6.45, 7) is 5.37. The average Bonchev–Trinajstić information content (AvgIpc) is 2.55. The maximum absolute atomic E-state index is 12.1. The molecular formula is C14H17ClN4O4. The molecule has 1 heterocycles. The first-order valence-electron chi connectivity index (χ1n) is 7.19. The van der Waals surface area contributed by atoms with Gasteiger partial charge in [-0.25, -0.2) is 0 Å². The van der Waals surface area contributed by atoms with Crippen LogP contribution in [0.3, 0.4) is 0 Å². The van der Waals surface area contributed by atoms with Crippen molar-refractivity contribution in [1.82, 2.24) is 9.80 Å². The second kappa shape index (κ2) is 7.38. The molecule has 0 bridgehead atoms. The highest BCUT2D eigenvalue weighted by molar-refractivity contribution is 6.39. The number of likely N-dealkylation sites (N-methyl/N-ethyl adjacent to an activating group) is 1. The summed E-state index contributed by atoms with van der Waals surface area (Å²) < 4.78 is 0. The molecule has 2 amide bonds. The third kappa shape index (κ3) is 4.17. The number of anilines is 1. The normalized spacial score (nSPS) is 15.3. The quantitative estimate of drug-likeness (QED) is 0.509. The van der Waals surface area contributed by atoms with Crippen molar-refractivity contribution >= 4 is 34.8 Å². The summed E-state index contributed by atoms with van der Waals surface area (Å²) in [7, 11) is 0. The fourth-order valence-electron chi connectivity index (χ4n) is 2.33. The number of nitrogens with one attached hydrogen (secondary N) is 1. The molecule has 0 radical (unpaired) electrons. The lowest BCUT2D eigenvalue weighted by atomic mass is 10.2. The van der Waals surface area contributed by atoms with E-state index < -0.39 is 16.7 Å². The SMILES string of the molecule is CCN1CCN(C(=O)C(=O)Nc2ccc(Cl)c([N+](=O)[O-])c2)CC1. The van der Waals surface area contributed by atoms with Gasteiger partial charge in [-0.15, -0.1) is 0 Å². The van der Waals surface area contributed by atoms with E-state index in [1.54, 1.807) is 0 Å². The number of halogens is 1. The van der Waals surface area contributed by atoms with Crippen molar-refractivity contribution in [2.45, 2.75) is 6.92 Å². The van der Waals surface area contributed by atoms with Gasteiger partial charge in [0.15, 0.2) is 0 Å². The van der Waals surface area contributed by atoms with Gasteiger partial charge in [0.2, 0.25) is 0 Å². The molecule has 0 atom stereocenters. The van der Waals surface area contributed by atoms with Gasteiger partial charge in [-0.1, -0.05) is 18.5 Å². The summed E-state index contributed by atoms with van der Waals surface area (Å²) in [5.74, 6) is -1.45. The van der Waals surface area contributed by atoms with E-state index in [1.165, 1.54) is 17.0 Å². The summed E-state index contributed by atoms with van der Waals surface area (Å²) in [6, 6.07) is 3.85. The van der Waals surface area contributed by atoms with Gasteiger partial charge in [0.05, 0.1) is 4.92 Å². The molecule has 23 heavy (non-hydrogen) atoms. The second-order valence-electron chi connectivity index (χ2n) is 5.10. The molecule has 1 fully saturated rings. The van der Waals surface area contributed by atoms with Gasteiger partial charge in [0.25, 0.3) is 5.69 Å². The maximum atomic E-state index is 12.1. The molecule has 0 aliphatic carbocycles. The predicted molar refractivity (Wildman–Crippen MR) is 85.4 cm³/mol. The van der Waals surface area contributed by atoms with Gasteiger partial charge in [-0.3, -0.25) is 19.7 Å². The zero-order chi connectivity index (χ0) is 17.0. The van der Waals surface area contributed by atoms with E-state index in [9.17, 15) is 19.7 Å². The molecule has 1 aliphatic rings. The molecule has 0 unspecified atom stereocenters. The molecule has 0 spiro atoms. The number of nitro groups is 1. The van der Waals surface area contributed by atoms with Gasteiger partial charge < -0.3 is 15.1 Å². The number of hydrogen-bond acceptors (Lipinski definition) is 5. The van der Waals surface area contributed by atoms with Gasteiger partial charge in [-0.2, -0.15) is 0 Å². The van der Waals surface area contributed by atoms with Crippen LogP contribution in [0.15, 0.2) is 18.2 Å². The van der Waals surface area contributed by atoms with Crippen molar-refractivity contribution in [2.24, 2.45) is 0 Å². The number of piperazine rings is 1. The Morgan fingerprint density at radius 3 is 2.52 bits per heavy atom. The summed E-state index contributed by atoms with van der Waals surface area (Å²) in [6.07, 6.45) is 0. The van der Waals surface area contributed by atoms with E-state index >= 15 is 0 Å². The largest absolute Gasteiger partial charge is 0.332 e. The van der Waals surface area contributed by atoms with E-state index in [0.29, 0.717) is 13.1 Å². The van der Waals surface area contributed by atoms with Crippen molar-refractivity contribution in [2.75, 3.05) is 38.0 Å². The van der Waals surface area contributed by atoms with Gasteiger partial charge in [0, 0.05) is 37.9 Å². The number of rotatable bonds is 3. The van der Waals surface area contributed by atoms with E-state index in [4.69, 9.17) is 11.6 Å². The first-order chi connectivity index (χ1) is 10.9. The van der Waals surface area contributed by atoms with Crippen LogP contribution in [-0.4, -0.2) is 59.3 Å². The number of carbonyl (C=O) groups is 2. The fraction of sp³-hybridized carbons (Fsp3) is 0.429. The molecule has 0 aromatic heterocycles. The minimum Gasteiger partial charge on any atom is -0.332 e. The molecule has 8 nitrogen and oxygen atoms in total. The van der Waals surface area contributed by atoms with Crippen LogP contribution in [-0.2, 0) is 9.59 Å². The van der Waals surface area contributed by atoms with Crippen molar-refractivity contribution in [1.29, 1.82) is 0 Å². The molecule has 1 aromatic rings. The highest BCUT2D eigenvalue weighted by Gasteiger charge is 2.26. The van der Waals surface area contributed by atoms with Gasteiger partial charge in [-0.05, 0) is 18.7 Å². The molecule has 9 heteroatoms. The highest BCUT2D eigenvalue weighted by atomic mass is 35.5. The number of hydrogen-bond donors (Lipinski definition) is 1. The molecule has 1 aliphatic heterocycles. The monoisotopic (exact) mass is 340 g/mol. The van der Waals surface area contributed by atoms with E-state index in [1.807, 2.05) is 6.92 Å². The Bertz CT molecular complexity index is 629. The average molecular weight is 341 g/mol. The minimum atomic E-state index is -0.813. The smallest absolute Gasteiger partial charge is 0.313 e. The van der Waals surface area contributed by atoms with Crippen LogP contribution < -0.4 is 5.32 Å². The Morgan fingerprint density at radius 1 is 1.30 bits per heavy atom. The van der Waals surface area contributed by atoms with Crippen molar-refractivity contribution < 1.29 is 14.5 Å². The van der Waals surface area contributed by atoms with Gasteiger partial charge >= 0.3 is 11.8 Å². The summed E-state index contributed by atoms with van der Waals surface area (Å²) in [5.41, 5.74) is -0.167. The molecule has 1 aromatic carbocycles. The Hall–Kier alpha value is -2.19. The predicted octanol–water partition coefficient (Wildman–Crippen LogP) is 1.35. The highest BCUT2D eigenvalue weighted by Crippen LogP contribution is 2.27. The Morgan fingerprint density at radius 2 is 1.96 bits per heavy atom. The Labute approximate surface area is 138 Å². The van der Waals surface area contributed by atoms with Crippen molar-refractivity contribution in [3.8, 4) is 0 Å². The summed E-state index contributed by atoms with van der Waals surface area (Å²) in [5, 5.41) is 13.2. The zero-order valence-corrected chi connectivity index (χ0v) is 13.4. The third-order valence-corrected chi connectivity index (χ3v) is 4.02. The summed E-state index contributed by atoms with van der Waals surface area (Å²) >= 11 is 5.71. The Kier molecular flexibility index (Phi) is 5.51. The second-order valence-corrected chi connectivity index (χ2v) is 5.51. The fourth-order valence-corrected chi connectivity index (χ4v) is 2.51. The van der Waals surface area contributed by atoms with Crippen LogP contribution >= 0.6 is 11.6 Å². The number of benzene rings is 1. The topological polar surface area (TPSA) is 95.8 Å². The van der Waals surface area contributed by atoms with Gasteiger partial charge in [0.1, 0.15) is 5.02 Å². The van der Waals surface area contributed by atoms with E-state index in [-0.39, 0.29) is 16.4 Å². The van der Waals surface area contributed by atoms with Crippen LogP contribution in [0.4, 0.5) is 11.4 Å². The molecular weight excluding hydrogens is 324 g/mol. The first-order valence-corrected chi connectivity index (χ1v) is 7.56. The molecule has 0 saturated carbocycles. The minimum absolute atomic E-state index is 0.0324. The third-order valence-electron chi connectivity index (χ3n) is 3.70. The zero-order valence-electron chi connectivity index (χ0n) is 12.6. The number of amides is 2. The lowest BCUT2D eigenvalue weighted by molar-refractivity contribution is -0.384. The number of nitro benzene ring substituents is 1. The Balaban J connectivity index is 2.00. The maximum Gasteiger partial charge on any atom is 0.313 e. The van der Waals surface area contributed by atoms with Crippen LogP contribution in [0.5, 0.6) is 0 Å². The summed E-state index contributed by atoms with van der Waals surface area (Å²) in [4.78, 5) is 38.0. The van der Waals surface area contributed by atoms with Crippen molar-refractivity contribution in [3.05, 3.63) is 33.3 Å². The van der Waals surface area contributed by atoms with E-state index in [2.05, 4.69) is 10.2 Å². The van der Waals surface area contributed by atoms with E-state index in [0.717, 1.165) is 25.7 Å². The number of carbonyl (C=O) groups excluding carboxylic acids is 2. The molecule has 124 valence electrons. The standard InChI is InChI=1S/C14H17ClN4O4/c1-2-17-5-7-18(8-6-17)14(21)13(20)16-10-3-4-11(15)12(9-10)19(22)23/h3-4,9H,2,5-8H2,1H3,(H,16,20). The number of nitrogens with zero attached hydrogens (tertiary/aromatic N) is 3. The molecule has 1 saturated heterocycles. The van der Waals surface area contributed by atoms with Crippen LogP contribution in [0.1, 0.15) is 6.92 Å². The molecule has 2 rings (SSSR count). The van der Waals surface area contributed by atoms with Crippen LogP contribution in [0, 0.1) is 10.1 Å². The lowest BCUT2D eigenvalue weighted by Crippen LogP contribution is -2.51. The molecule has 1 N–H and O–H groups in total. The first kappa shape index (κ1) is 17.2. The van der Waals surface area contributed by atoms with Crippen LogP contribution in [0.25, 0.3) is 0 Å². The lowest BCUT2D eigenvalue weighted by Gasteiger charge is -2.33. The van der Waals surface area contributed by atoms with Crippen molar-refractivity contribution in [3.63, 3.8) is 0 Å². The van der Waals surface area contributed by atoms with Crippen LogP contribution in [0.2, 0.25) is 5.02 Å².